The van der Waals surface area contributed by atoms with Crippen molar-refractivity contribution in [1.82, 2.24) is 0 Å². The van der Waals surface area contributed by atoms with Crippen LogP contribution in [0.1, 0.15) is 95.2 Å². The molecule has 144 valence electrons. The fourth-order valence-electron chi connectivity index (χ4n) is 5.88. The molecule has 0 aliphatic heterocycles. The molecule has 2 aliphatic carbocycles. The van der Waals surface area contributed by atoms with Crippen molar-refractivity contribution in [3.8, 4) is 0 Å². The summed E-state index contributed by atoms with van der Waals surface area (Å²) < 4.78 is 0. The lowest BCUT2D eigenvalue weighted by Gasteiger charge is -2.54. The molecule has 3 atom stereocenters. The van der Waals surface area contributed by atoms with E-state index in [0.717, 1.165) is 18.9 Å². The molecule has 1 saturated carbocycles. The lowest BCUT2D eigenvalue weighted by atomic mass is 9.49. The third-order valence-electron chi connectivity index (χ3n) is 7.41. The molecule has 0 saturated heterocycles. The number of hydrogen-bond acceptors (Lipinski definition) is 1. The average Bonchev–Trinajstić information content (AvgIpc) is 2.61. The molecule has 0 bridgehead atoms. The van der Waals surface area contributed by atoms with Crippen LogP contribution in [0.3, 0.4) is 0 Å². The highest BCUT2D eigenvalue weighted by atomic mass is 14.5. The molecular weight excluding hydrogens is 314 g/mol. The first kappa shape index (κ1) is 19.7. The summed E-state index contributed by atoms with van der Waals surface area (Å²) in [6.45, 7) is 10.5. The van der Waals surface area contributed by atoms with Crippen molar-refractivity contribution in [1.29, 1.82) is 0 Å². The monoisotopic (exact) mass is 353 g/mol. The van der Waals surface area contributed by atoms with Gasteiger partial charge in [0.1, 0.15) is 0 Å². The lowest BCUT2D eigenvalue weighted by Crippen LogP contribution is -2.48. The number of benzene rings is 1. The molecule has 1 heteroatoms. The number of aryl methyl sites for hydroxylation is 1. The molecule has 1 aromatic rings. The van der Waals surface area contributed by atoms with Crippen molar-refractivity contribution in [3.63, 3.8) is 0 Å². The molecule has 2 N–H and O–H groups in total. The first-order chi connectivity index (χ1) is 12.4. The van der Waals surface area contributed by atoms with Crippen LogP contribution in [0.4, 0.5) is 0 Å². The summed E-state index contributed by atoms with van der Waals surface area (Å²) in [5, 5.41) is 0. The third-order valence-corrected chi connectivity index (χ3v) is 7.41. The fourth-order valence-corrected chi connectivity index (χ4v) is 5.88. The maximum atomic E-state index is 5.63. The Morgan fingerprint density at radius 3 is 2.73 bits per heavy atom. The van der Waals surface area contributed by atoms with Gasteiger partial charge in [0.25, 0.3) is 0 Å². The SMILES string of the molecule is CC(C)c1ccc2c(c1)CC[C@H]1[C@](C)(/C=C\CCCCN)CCC[C@]21C. The van der Waals surface area contributed by atoms with Gasteiger partial charge < -0.3 is 5.73 Å². The predicted octanol–water partition coefficient (Wildman–Crippen LogP) is 6.51. The Morgan fingerprint density at radius 1 is 1.19 bits per heavy atom. The van der Waals surface area contributed by atoms with Gasteiger partial charge in [-0.2, -0.15) is 0 Å². The summed E-state index contributed by atoms with van der Waals surface area (Å²) in [6.07, 6.45) is 15.2. The van der Waals surface area contributed by atoms with Crippen LogP contribution >= 0.6 is 0 Å². The molecule has 0 heterocycles. The Balaban J connectivity index is 1.85. The molecule has 0 aromatic heterocycles. The molecule has 2 aliphatic rings. The first-order valence-corrected chi connectivity index (χ1v) is 10.9. The van der Waals surface area contributed by atoms with E-state index in [-0.39, 0.29) is 0 Å². The topological polar surface area (TPSA) is 26.0 Å². The molecule has 0 unspecified atom stereocenters. The van der Waals surface area contributed by atoms with Gasteiger partial charge in [-0.05, 0) is 90.8 Å². The molecular formula is C25H39N. The van der Waals surface area contributed by atoms with E-state index in [2.05, 4.69) is 58.0 Å². The summed E-state index contributed by atoms with van der Waals surface area (Å²) in [5.41, 5.74) is 11.1. The minimum Gasteiger partial charge on any atom is -0.330 e. The summed E-state index contributed by atoms with van der Waals surface area (Å²) in [6, 6.07) is 7.38. The van der Waals surface area contributed by atoms with Gasteiger partial charge in [-0.15, -0.1) is 0 Å². The molecule has 1 fully saturated rings. The van der Waals surface area contributed by atoms with Gasteiger partial charge in [0.05, 0.1) is 0 Å². The van der Waals surface area contributed by atoms with Crippen molar-refractivity contribution in [2.24, 2.45) is 17.1 Å². The molecule has 1 aromatic carbocycles. The second-order valence-corrected chi connectivity index (χ2v) is 9.63. The molecule has 0 spiro atoms. The predicted molar refractivity (Wildman–Crippen MR) is 114 cm³/mol. The van der Waals surface area contributed by atoms with Crippen LogP contribution in [-0.2, 0) is 11.8 Å². The zero-order valence-corrected chi connectivity index (χ0v) is 17.5. The Kier molecular flexibility index (Phi) is 5.97. The first-order valence-electron chi connectivity index (χ1n) is 10.9. The Bertz CT molecular complexity index is 644. The highest BCUT2D eigenvalue weighted by Crippen LogP contribution is 2.57. The van der Waals surface area contributed by atoms with E-state index in [1.807, 2.05) is 0 Å². The van der Waals surface area contributed by atoms with Crippen LogP contribution in [0.5, 0.6) is 0 Å². The van der Waals surface area contributed by atoms with E-state index >= 15 is 0 Å². The van der Waals surface area contributed by atoms with E-state index in [4.69, 9.17) is 5.73 Å². The molecule has 26 heavy (non-hydrogen) atoms. The van der Waals surface area contributed by atoms with E-state index in [1.165, 1.54) is 50.5 Å². The van der Waals surface area contributed by atoms with Crippen molar-refractivity contribution in [3.05, 3.63) is 47.0 Å². The van der Waals surface area contributed by atoms with Crippen LogP contribution < -0.4 is 5.73 Å². The van der Waals surface area contributed by atoms with Crippen LogP contribution in [-0.4, -0.2) is 6.54 Å². The summed E-state index contributed by atoms with van der Waals surface area (Å²) in [7, 11) is 0. The summed E-state index contributed by atoms with van der Waals surface area (Å²) in [5.74, 6) is 1.39. The number of unbranched alkanes of at least 4 members (excludes halogenated alkanes) is 2. The van der Waals surface area contributed by atoms with E-state index in [1.54, 1.807) is 11.1 Å². The Hall–Kier alpha value is -1.08. The zero-order valence-electron chi connectivity index (χ0n) is 17.5. The lowest BCUT2D eigenvalue weighted by molar-refractivity contribution is 0.0629. The third kappa shape index (κ3) is 3.65. The van der Waals surface area contributed by atoms with Gasteiger partial charge in [-0.3, -0.25) is 0 Å². The minimum absolute atomic E-state index is 0.345. The van der Waals surface area contributed by atoms with Gasteiger partial charge in [-0.1, -0.05) is 64.5 Å². The number of hydrogen-bond donors (Lipinski definition) is 1. The van der Waals surface area contributed by atoms with Gasteiger partial charge >= 0.3 is 0 Å². The fraction of sp³-hybridized carbons (Fsp3) is 0.680. The number of rotatable bonds is 6. The number of allylic oxidation sites excluding steroid dienone is 2. The maximum absolute atomic E-state index is 5.63. The zero-order chi connectivity index (χ0) is 18.8. The van der Waals surface area contributed by atoms with Crippen molar-refractivity contribution < 1.29 is 0 Å². The number of nitrogens with two attached hydrogens (primary N) is 1. The van der Waals surface area contributed by atoms with Crippen LogP contribution in [0.15, 0.2) is 30.4 Å². The molecule has 0 amide bonds. The van der Waals surface area contributed by atoms with Gasteiger partial charge in [-0.25, -0.2) is 0 Å². The summed E-state index contributed by atoms with van der Waals surface area (Å²) >= 11 is 0. The normalized spacial score (nSPS) is 31.2. The minimum atomic E-state index is 0.345. The van der Waals surface area contributed by atoms with E-state index < -0.39 is 0 Å². The average molecular weight is 354 g/mol. The molecule has 0 radical (unpaired) electrons. The highest BCUT2D eigenvalue weighted by Gasteiger charge is 2.50. The standard InChI is InChI=1S/C25H39N/c1-19(2)20-10-12-22-21(18-20)11-13-23-24(3,14-7-5-6-8-17-26)15-9-16-25(22,23)4/h7,10,12,14,18-19,23H,5-6,8-9,11,13,15-17,26H2,1-4H3/b14-7-/t23-,24+,25+/m0/s1. The van der Waals surface area contributed by atoms with Crippen molar-refractivity contribution >= 4 is 0 Å². The van der Waals surface area contributed by atoms with Gasteiger partial charge in [0.2, 0.25) is 0 Å². The second-order valence-electron chi connectivity index (χ2n) is 9.63. The van der Waals surface area contributed by atoms with Crippen LogP contribution in [0.25, 0.3) is 0 Å². The molecule has 3 rings (SSSR count). The highest BCUT2D eigenvalue weighted by molar-refractivity contribution is 5.42. The largest absolute Gasteiger partial charge is 0.330 e. The maximum Gasteiger partial charge on any atom is -0.00360 e. The quantitative estimate of drug-likeness (QED) is 0.458. The van der Waals surface area contributed by atoms with E-state index in [9.17, 15) is 0 Å². The smallest absolute Gasteiger partial charge is 0.00360 e. The summed E-state index contributed by atoms with van der Waals surface area (Å²) in [4.78, 5) is 0. The van der Waals surface area contributed by atoms with Crippen LogP contribution in [0.2, 0.25) is 0 Å². The van der Waals surface area contributed by atoms with Crippen LogP contribution in [0, 0.1) is 11.3 Å². The van der Waals surface area contributed by atoms with Crippen molar-refractivity contribution in [2.45, 2.75) is 90.4 Å². The van der Waals surface area contributed by atoms with E-state index in [0.29, 0.717) is 16.7 Å². The van der Waals surface area contributed by atoms with Gasteiger partial charge in [0.15, 0.2) is 0 Å². The Morgan fingerprint density at radius 2 is 2.00 bits per heavy atom. The number of fused-ring (bicyclic) bond motifs is 3. The Labute approximate surface area is 161 Å². The second kappa shape index (κ2) is 7.89. The van der Waals surface area contributed by atoms with Gasteiger partial charge in [0, 0.05) is 0 Å². The molecule has 1 nitrogen and oxygen atoms in total. The van der Waals surface area contributed by atoms with Crippen molar-refractivity contribution in [2.75, 3.05) is 6.54 Å².